The molecule has 3 N–H and O–H groups in total. The van der Waals surface area contributed by atoms with Gasteiger partial charge in [-0.15, -0.1) is 0 Å². The minimum atomic E-state index is -1.16. The van der Waals surface area contributed by atoms with Crippen LogP contribution >= 0.6 is 0 Å². The molecule has 5 amide bonds. The number of nitrogens with one attached hydrogen (secondary N) is 2. The first kappa shape index (κ1) is 53.8. The van der Waals surface area contributed by atoms with Gasteiger partial charge >= 0.3 is 5.97 Å². The third kappa shape index (κ3) is 14.1. The summed E-state index contributed by atoms with van der Waals surface area (Å²) in [5, 5.41) is 19.1. The predicted octanol–water partition coefficient (Wildman–Crippen LogP) is 3.97. The minimum absolute atomic E-state index is 0.0208. The van der Waals surface area contributed by atoms with E-state index in [1.807, 2.05) is 45.9 Å². The number of fused-ring (bicyclic) bond motifs is 2. The summed E-state index contributed by atoms with van der Waals surface area (Å²) in [5.74, 6) is -3.99. The number of amides is 5. The van der Waals surface area contributed by atoms with Crippen LogP contribution in [0.1, 0.15) is 91.5 Å². The summed E-state index contributed by atoms with van der Waals surface area (Å²) < 4.78 is 22.9. The fourth-order valence-corrected chi connectivity index (χ4v) is 10.1. The molecule has 1 saturated carbocycles. The summed E-state index contributed by atoms with van der Waals surface area (Å²) >= 11 is 0. The lowest BCUT2D eigenvalue weighted by Crippen LogP contribution is -2.60. The van der Waals surface area contributed by atoms with Crippen molar-refractivity contribution < 1.29 is 52.8 Å². The number of carboxylic acid groups (broad SMARTS) is 1. The maximum absolute atomic E-state index is 14.6. The van der Waals surface area contributed by atoms with E-state index < -0.39 is 60.2 Å². The highest BCUT2D eigenvalue weighted by atomic mass is 16.5. The van der Waals surface area contributed by atoms with Crippen molar-refractivity contribution in [1.29, 1.82) is 0 Å². The number of likely N-dealkylation sites (N-methyl/N-ethyl adjacent to an activating group) is 1. The largest absolute Gasteiger partial charge is 0.480 e. The van der Waals surface area contributed by atoms with Crippen LogP contribution in [0.4, 0.5) is 0 Å². The fourth-order valence-electron chi connectivity index (χ4n) is 10.1. The van der Waals surface area contributed by atoms with Crippen LogP contribution in [0.3, 0.4) is 0 Å². The highest BCUT2D eigenvalue weighted by molar-refractivity contribution is 5.93. The number of carbonyl (C=O) groups is 6. The van der Waals surface area contributed by atoms with E-state index in [0.29, 0.717) is 25.8 Å². The number of hydrogen-bond donors (Lipinski definition) is 3. The normalized spacial score (nSPS) is 22.1. The van der Waals surface area contributed by atoms with Crippen molar-refractivity contribution in [2.45, 2.75) is 141 Å². The molecule has 0 aromatic heterocycles. The molecular weight excluding hydrogens is 853 g/mol. The molecule has 2 aliphatic heterocycles. The van der Waals surface area contributed by atoms with Gasteiger partial charge < -0.3 is 49.4 Å². The zero-order valence-electron chi connectivity index (χ0n) is 40.1. The van der Waals surface area contributed by atoms with Gasteiger partial charge in [0.1, 0.15) is 18.1 Å². The van der Waals surface area contributed by atoms with E-state index in [-0.39, 0.29) is 99.7 Å². The quantitative estimate of drug-likeness (QED) is 0.0470. The molecule has 3 fully saturated rings. The number of piperidine rings is 1. The molecule has 4 rings (SSSR count). The Bertz CT molecular complexity index is 1820. The SMILES string of the molecule is CC[C@H](C)[C@@H](C(CC(=O)N1CCC[C@H]1[C@H](OC)[C@@H](C)C(=O)N[C@@H](Cc1ccccc1)C(=O)O)OC)N(C)C(=O)[C@@H](NC(=O)[C@@H]1[C@H]2CC[C@H](C2)N1C(=O)CCOCCOCCN=[N+]=[N-])C(C)C. The molecule has 2 heterocycles. The number of methoxy groups -OCH3 is 2. The Morgan fingerprint density at radius 1 is 0.939 bits per heavy atom. The Labute approximate surface area is 389 Å². The fraction of sp³-hybridized carbons (Fsp3) is 0.745. The Hall–Kier alpha value is -4.81. The molecule has 11 atom stereocenters. The number of ether oxygens (including phenoxy) is 4. The number of benzene rings is 1. The van der Waals surface area contributed by atoms with Gasteiger partial charge in [0.2, 0.25) is 29.5 Å². The first-order valence-corrected chi connectivity index (χ1v) is 23.6. The van der Waals surface area contributed by atoms with Gasteiger partial charge in [-0.25, -0.2) is 4.79 Å². The van der Waals surface area contributed by atoms with E-state index >= 15 is 0 Å². The molecule has 1 unspecified atom stereocenters. The van der Waals surface area contributed by atoms with Crippen molar-refractivity contribution >= 4 is 35.5 Å². The molecule has 2 bridgehead atoms. The molecule has 19 heteroatoms. The molecule has 3 aliphatic rings. The van der Waals surface area contributed by atoms with Crippen LogP contribution < -0.4 is 10.6 Å². The lowest BCUT2D eigenvalue weighted by molar-refractivity contribution is -0.149. The van der Waals surface area contributed by atoms with E-state index in [9.17, 15) is 33.9 Å². The van der Waals surface area contributed by atoms with Crippen LogP contribution in [0, 0.1) is 23.7 Å². The van der Waals surface area contributed by atoms with Crippen LogP contribution in [0.25, 0.3) is 10.4 Å². The van der Waals surface area contributed by atoms with E-state index in [2.05, 4.69) is 20.7 Å². The van der Waals surface area contributed by atoms with Crippen molar-refractivity contribution in [2.75, 3.05) is 60.8 Å². The summed E-state index contributed by atoms with van der Waals surface area (Å²) in [6, 6.07) is 5.18. The number of aliphatic carboxylic acids is 1. The molecule has 2 saturated heterocycles. The van der Waals surface area contributed by atoms with E-state index in [1.54, 1.807) is 40.8 Å². The first-order chi connectivity index (χ1) is 31.6. The maximum Gasteiger partial charge on any atom is 0.326 e. The third-order valence-corrected chi connectivity index (χ3v) is 13.8. The minimum Gasteiger partial charge on any atom is -0.480 e. The van der Waals surface area contributed by atoms with Crippen molar-refractivity contribution in [2.24, 2.45) is 28.8 Å². The lowest BCUT2D eigenvalue weighted by atomic mass is 9.89. The molecule has 0 spiro atoms. The Morgan fingerprint density at radius 3 is 2.26 bits per heavy atom. The number of nitrogens with zero attached hydrogens (tertiary/aromatic N) is 6. The van der Waals surface area contributed by atoms with Gasteiger partial charge in [-0.3, -0.25) is 24.0 Å². The second kappa shape index (κ2) is 26.5. The molecule has 19 nitrogen and oxygen atoms in total. The molecule has 1 aromatic carbocycles. The summed E-state index contributed by atoms with van der Waals surface area (Å²) in [6.07, 6.45) is 2.94. The molecule has 0 radical (unpaired) electrons. The van der Waals surface area contributed by atoms with Crippen LogP contribution in [-0.4, -0.2) is 165 Å². The first-order valence-electron chi connectivity index (χ1n) is 23.6. The van der Waals surface area contributed by atoms with Gasteiger partial charge in [0.25, 0.3) is 0 Å². The second-order valence-corrected chi connectivity index (χ2v) is 18.3. The van der Waals surface area contributed by atoms with E-state index in [1.165, 1.54) is 14.2 Å². The number of carbonyl (C=O) groups excluding carboxylic acids is 5. The topological polar surface area (TPSA) is 242 Å². The molecule has 1 aliphatic carbocycles. The van der Waals surface area contributed by atoms with Gasteiger partial charge in [-0.1, -0.05) is 76.5 Å². The summed E-state index contributed by atoms with van der Waals surface area (Å²) in [5.41, 5.74) is 9.14. The van der Waals surface area contributed by atoms with Gasteiger partial charge in [0.05, 0.1) is 69.5 Å². The van der Waals surface area contributed by atoms with Crippen molar-refractivity contribution in [3.05, 3.63) is 46.3 Å². The number of carboxylic acids is 1. The van der Waals surface area contributed by atoms with Crippen LogP contribution in [0.2, 0.25) is 0 Å². The molecule has 66 heavy (non-hydrogen) atoms. The van der Waals surface area contributed by atoms with E-state index in [4.69, 9.17) is 24.5 Å². The average molecular weight is 927 g/mol. The lowest BCUT2D eigenvalue weighted by Gasteiger charge is -2.41. The van der Waals surface area contributed by atoms with Gasteiger partial charge in [-0.05, 0) is 61.0 Å². The van der Waals surface area contributed by atoms with Crippen molar-refractivity contribution in [3.63, 3.8) is 0 Å². The number of hydrogen-bond acceptors (Lipinski definition) is 11. The number of likely N-dealkylation sites (tertiary alicyclic amines) is 2. The monoisotopic (exact) mass is 927 g/mol. The Kier molecular flexibility index (Phi) is 21.6. The molecular formula is C47H74N8O11. The second-order valence-electron chi connectivity index (χ2n) is 18.3. The smallest absolute Gasteiger partial charge is 0.326 e. The Morgan fingerprint density at radius 2 is 1.64 bits per heavy atom. The third-order valence-electron chi connectivity index (χ3n) is 13.8. The Balaban J connectivity index is 1.42. The highest BCUT2D eigenvalue weighted by Crippen LogP contribution is 2.43. The van der Waals surface area contributed by atoms with Gasteiger partial charge in [-0.2, -0.15) is 0 Å². The highest BCUT2D eigenvalue weighted by Gasteiger charge is 2.52. The maximum atomic E-state index is 14.6. The zero-order chi connectivity index (χ0) is 48.5. The summed E-state index contributed by atoms with van der Waals surface area (Å²) in [6.45, 7) is 11.0. The van der Waals surface area contributed by atoms with Gasteiger partial charge in [0.15, 0.2) is 0 Å². The summed E-state index contributed by atoms with van der Waals surface area (Å²) in [7, 11) is 4.68. The van der Waals surface area contributed by atoms with Crippen LogP contribution in [-0.2, 0) is 54.1 Å². The van der Waals surface area contributed by atoms with Crippen LogP contribution in [0.15, 0.2) is 35.4 Å². The average Bonchev–Trinajstić information content (AvgIpc) is 4.08. The van der Waals surface area contributed by atoms with E-state index in [0.717, 1.165) is 24.8 Å². The van der Waals surface area contributed by atoms with Crippen molar-refractivity contribution in [1.82, 2.24) is 25.3 Å². The zero-order valence-corrected chi connectivity index (χ0v) is 40.1. The summed E-state index contributed by atoms with van der Waals surface area (Å²) in [4.78, 5) is 90.2. The van der Waals surface area contributed by atoms with Crippen LogP contribution in [0.5, 0.6) is 0 Å². The number of azide groups is 1. The number of rotatable bonds is 28. The molecule has 1 aromatic rings. The van der Waals surface area contributed by atoms with Gasteiger partial charge in [0, 0.05) is 51.7 Å². The standard InChI is InChI=1S/C47H74N8O11/c1-9-30(4)41(37(63-7)28-39(57)54-21-13-16-36(54)43(64-8)31(5)44(58)50-35(47(61)62)26-32-14-11-10-12-15-32)53(6)46(60)40(29(2)3)51-45(59)42-33-17-18-34(27-33)55(42)38(56)19-22-65-24-25-66-23-20-49-52-48/h10-12,14-15,29-31,33-37,40-43H,9,13,16-28H2,1-8H3,(H,50,58)(H,51,59)(H,61,62)/t30-,31+,33-,34+,35-,36-,37?,40-,41-,42-,43+/m0/s1. The molecule has 368 valence electrons. The van der Waals surface area contributed by atoms with Crippen molar-refractivity contribution in [3.8, 4) is 0 Å². The predicted molar refractivity (Wildman–Crippen MR) is 245 cm³/mol.